The Morgan fingerprint density at radius 2 is 2.06 bits per heavy atom. The Morgan fingerprint density at radius 1 is 1.30 bits per heavy atom. The molecule has 8 nitrogen and oxygen atoms in total. The number of carbonyl (C=O) groups excluding carboxylic acids is 1. The number of aliphatic hydroxyl groups excluding tert-OH is 2. The first kappa shape index (κ1) is 25.2. The first-order chi connectivity index (χ1) is 15.7. The predicted molar refractivity (Wildman–Crippen MR) is 128 cm³/mol. The van der Waals surface area contributed by atoms with E-state index in [1.807, 2.05) is 13.0 Å². The van der Waals surface area contributed by atoms with Crippen LogP contribution < -0.4 is 10.1 Å². The standard InChI is InChI=1S/C23H28ClN3O5S/c1-12(2)5-15-8-19(33-14(15)4)23-26-22(27-32-23)16-6-13(3)21(18(24)7-16)31-11-17(29)9-25-20(30)10-28/h6-8,12,17,28-29H,5,9-11H2,1-4H3,(H,25,30)/t17-/m0/s1. The van der Waals surface area contributed by atoms with Gasteiger partial charge in [0.15, 0.2) is 0 Å². The van der Waals surface area contributed by atoms with E-state index in [1.54, 1.807) is 17.4 Å². The summed E-state index contributed by atoms with van der Waals surface area (Å²) in [5, 5.41) is 25.5. The first-order valence-corrected chi connectivity index (χ1v) is 11.8. The summed E-state index contributed by atoms with van der Waals surface area (Å²) >= 11 is 8.06. The fourth-order valence-electron chi connectivity index (χ4n) is 3.28. The fourth-order valence-corrected chi connectivity index (χ4v) is 4.57. The predicted octanol–water partition coefficient (Wildman–Crippen LogP) is 3.78. The highest BCUT2D eigenvalue weighted by molar-refractivity contribution is 7.15. The van der Waals surface area contributed by atoms with Crippen LogP contribution in [0, 0.1) is 19.8 Å². The van der Waals surface area contributed by atoms with Crippen molar-refractivity contribution in [3.8, 4) is 27.9 Å². The Bertz CT molecular complexity index is 1090. The van der Waals surface area contributed by atoms with Crippen molar-refractivity contribution < 1.29 is 24.3 Å². The van der Waals surface area contributed by atoms with Gasteiger partial charge in [0.25, 0.3) is 5.89 Å². The zero-order valence-corrected chi connectivity index (χ0v) is 20.6. The Labute approximate surface area is 201 Å². The normalized spacial score (nSPS) is 12.2. The molecular weight excluding hydrogens is 466 g/mol. The third kappa shape index (κ3) is 6.54. The smallest absolute Gasteiger partial charge is 0.268 e. The molecule has 0 aliphatic heterocycles. The molecule has 1 amide bonds. The number of benzene rings is 1. The van der Waals surface area contributed by atoms with E-state index in [0.29, 0.717) is 34.0 Å². The van der Waals surface area contributed by atoms with Gasteiger partial charge in [-0.2, -0.15) is 4.98 Å². The number of hydrogen-bond acceptors (Lipinski definition) is 8. The van der Waals surface area contributed by atoms with E-state index in [2.05, 4.69) is 42.3 Å². The lowest BCUT2D eigenvalue weighted by Crippen LogP contribution is -2.36. The van der Waals surface area contributed by atoms with Gasteiger partial charge in [0.2, 0.25) is 11.7 Å². The zero-order valence-electron chi connectivity index (χ0n) is 19.0. The zero-order chi connectivity index (χ0) is 24.1. The summed E-state index contributed by atoms with van der Waals surface area (Å²) in [4.78, 5) is 17.8. The van der Waals surface area contributed by atoms with Crippen molar-refractivity contribution in [2.24, 2.45) is 5.92 Å². The van der Waals surface area contributed by atoms with Gasteiger partial charge >= 0.3 is 0 Å². The lowest BCUT2D eigenvalue weighted by molar-refractivity contribution is -0.124. The number of ether oxygens (including phenoxy) is 1. The SMILES string of the molecule is Cc1cc(-c2noc(-c3cc(CC(C)C)c(C)s3)n2)cc(Cl)c1OC[C@@H](O)CNC(=O)CO. The largest absolute Gasteiger partial charge is 0.489 e. The van der Waals surface area contributed by atoms with E-state index in [4.69, 9.17) is 26.0 Å². The molecule has 0 spiro atoms. The Morgan fingerprint density at radius 3 is 2.73 bits per heavy atom. The molecule has 0 aliphatic carbocycles. The maximum atomic E-state index is 11.1. The number of aliphatic hydroxyl groups is 2. The summed E-state index contributed by atoms with van der Waals surface area (Å²) < 4.78 is 11.2. The monoisotopic (exact) mass is 493 g/mol. The second kappa shape index (κ2) is 11.1. The molecule has 0 radical (unpaired) electrons. The average Bonchev–Trinajstić information content (AvgIpc) is 3.38. The molecule has 2 aromatic heterocycles. The molecule has 2 heterocycles. The number of aromatic nitrogens is 2. The van der Waals surface area contributed by atoms with E-state index in [-0.39, 0.29) is 13.2 Å². The molecule has 1 aromatic carbocycles. The van der Waals surface area contributed by atoms with Gasteiger partial charge in [0.1, 0.15) is 25.1 Å². The highest BCUT2D eigenvalue weighted by Crippen LogP contribution is 2.35. The van der Waals surface area contributed by atoms with Crippen LogP contribution >= 0.6 is 22.9 Å². The van der Waals surface area contributed by atoms with Crippen LogP contribution in [0.5, 0.6) is 5.75 Å². The molecule has 0 aliphatic rings. The quantitative estimate of drug-likeness (QED) is 0.393. The van der Waals surface area contributed by atoms with Crippen LogP contribution in [-0.4, -0.2) is 52.1 Å². The van der Waals surface area contributed by atoms with Crippen LogP contribution in [0.3, 0.4) is 0 Å². The molecule has 3 N–H and O–H groups in total. The number of rotatable bonds is 10. The van der Waals surface area contributed by atoms with Crippen molar-refractivity contribution in [2.75, 3.05) is 19.8 Å². The number of thiophene rings is 1. The van der Waals surface area contributed by atoms with Crippen molar-refractivity contribution in [3.05, 3.63) is 39.2 Å². The van der Waals surface area contributed by atoms with Gasteiger partial charge in [0.05, 0.1) is 9.90 Å². The lowest BCUT2D eigenvalue weighted by atomic mass is 10.0. The molecule has 0 saturated carbocycles. The summed E-state index contributed by atoms with van der Waals surface area (Å²) in [5.74, 6) is 1.31. The van der Waals surface area contributed by atoms with Crippen LogP contribution in [0.1, 0.15) is 29.9 Å². The number of hydrogen-bond donors (Lipinski definition) is 3. The Balaban J connectivity index is 1.71. The molecule has 1 atom stereocenters. The second-order valence-corrected chi connectivity index (χ2v) is 9.91. The minimum absolute atomic E-state index is 0.0408. The minimum atomic E-state index is -0.953. The van der Waals surface area contributed by atoms with E-state index in [1.165, 1.54) is 10.4 Å². The number of halogens is 1. The van der Waals surface area contributed by atoms with E-state index < -0.39 is 18.6 Å². The van der Waals surface area contributed by atoms with E-state index in [9.17, 15) is 9.90 Å². The fraction of sp³-hybridized carbons (Fsp3) is 0.435. The summed E-state index contributed by atoms with van der Waals surface area (Å²) in [7, 11) is 0. The molecule has 178 valence electrons. The van der Waals surface area contributed by atoms with E-state index >= 15 is 0 Å². The van der Waals surface area contributed by atoms with Gasteiger partial charge in [-0.05, 0) is 55.5 Å². The molecule has 3 aromatic rings. The van der Waals surface area contributed by atoms with Crippen LogP contribution in [0.2, 0.25) is 5.02 Å². The van der Waals surface area contributed by atoms with Crippen LogP contribution in [0.25, 0.3) is 22.2 Å². The maximum Gasteiger partial charge on any atom is 0.268 e. The summed E-state index contributed by atoms with van der Waals surface area (Å²) in [5.41, 5.74) is 2.72. The number of carbonyl (C=O) groups is 1. The van der Waals surface area contributed by atoms with Gasteiger partial charge in [-0.3, -0.25) is 4.79 Å². The van der Waals surface area contributed by atoms with Gasteiger partial charge in [0, 0.05) is 17.0 Å². The maximum absolute atomic E-state index is 11.1. The number of nitrogens with one attached hydrogen (secondary N) is 1. The number of aryl methyl sites for hydroxylation is 2. The molecule has 0 fully saturated rings. The molecule has 33 heavy (non-hydrogen) atoms. The number of nitrogens with zero attached hydrogens (tertiary/aromatic N) is 2. The third-order valence-corrected chi connectivity index (χ3v) is 6.23. The van der Waals surface area contributed by atoms with Crippen molar-refractivity contribution in [1.82, 2.24) is 15.5 Å². The molecule has 0 bridgehead atoms. The summed E-state index contributed by atoms with van der Waals surface area (Å²) in [6.07, 6.45) is 0.0486. The highest BCUT2D eigenvalue weighted by Gasteiger charge is 2.18. The van der Waals surface area contributed by atoms with Crippen LogP contribution in [0.4, 0.5) is 0 Å². The molecule has 10 heteroatoms. The topological polar surface area (TPSA) is 118 Å². The van der Waals surface area contributed by atoms with Crippen LogP contribution in [0.15, 0.2) is 22.7 Å². The van der Waals surface area contributed by atoms with Crippen molar-refractivity contribution in [1.29, 1.82) is 0 Å². The molecule has 0 saturated heterocycles. The van der Waals surface area contributed by atoms with Gasteiger partial charge in [-0.15, -0.1) is 11.3 Å². The third-order valence-electron chi connectivity index (χ3n) is 4.87. The van der Waals surface area contributed by atoms with Gasteiger partial charge in [-0.25, -0.2) is 0 Å². The number of amides is 1. The first-order valence-electron chi connectivity index (χ1n) is 10.6. The van der Waals surface area contributed by atoms with Crippen molar-refractivity contribution >= 4 is 28.8 Å². The molecule has 0 unspecified atom stereocenters. The highest BCUT2D eigenvalue weighted by atomic mass is 35.5. The Kier molecular flexibility index (Phi) is 8.47. The summed E-state index contributed by atoms with van der Waals surface area (Å²) in [6.45, 7) is 7.56. The second-order valence-electron chi connectivity index (χ2n) is 8.24. The van der Waals surface area contributed by atoms with E-state index in [0.717, 1.165) is 16.9 Å². The Hall–Kier alpha value is -2.46. The molecular formula is C23H28ClN3O5S. The lowest BCUT2D eigenvalue weighted by Gasteiger charge is -2.16. The van der Waals surface area contributed by atoms with Crippen molar-refractivity contribution in [3.63, 3.8) is 0 Å². The average molecular weight is 494 g/mol. The van der Waals surface area contributed by atoms with Crippen molar-refractivity contribution in [2.45, 2.75) is 40.2 Å². The molecule has 3 rings (SSSR count). The summed E-state index contributed by atoms with van der Waals surface area (Å²) in [6, 6.07) is 5.63. The minimum Gasteiger partial charge on any atom is -0.489 e. The van der Waals surface area contributed by atoms with Crippen LogP contribution in [-0.2, 0) is 11.2 Å². The van der Waals surface area contributed by atoms with Gasteiger partial charge in [-0.1, -0.05) is 30.6 Å². The van der Waals surface area contributed by atoms with Gasteiger partial charge < -0.3 is 24.8 Å².